The van der Waals surface area contributed by atoms with Gasteiger partial charge >= 0.3 is 0 Å². The number of carbonyl (C=O) groups excluding carboxylic acids is 1. The van der Waals surface area contributed by atoms with E-state index in [1.54, 1.807) is 24.3 Å². The van der Waals surface area contributed by atoms with Crippen LogP contribution < -0.4 is 10.0 Å². The average Bonchev–Trinajstić information content (AvgIpc) is 3.46. The van der Waals surface area contributed by atoms with Crippen molar-refractivity contribution < 1.29 is 13.2 Å². The fraction of sp³-hybridized carbons (Fsp3) is 0.350. The second-order valence-electron chi connectivity index (χ2n) is 7.01. The maximum atomic E-state index is 12.4. The molecule has 6 heteroatoms. The molecule has 2 N–H and O–H groups in total. The van der Waals surface area contributed by atoms with Crippen molar-refractivity contribution in [2.45, 2.75) is 44.0 Å². The first-order valence-electron chi connectivity index (χ1n) is 8.84. The zero-order valence-electron chi connectivity index (χ0n) is 15.0. The smallest absolute Gasteiger partial charge is 0.240 e. The van der Waals surface area contributed by atoms with Crippen molar-refractivity contribution in [1.82, 2.24) is 4.72 Å². The van der Waals surface area contributed by atoms with Crippen LogP contribution in [-0.4, -0.2) is 14.3 Å². The molecular weight excluding hydrogens is 348 g/mol. The number of benzene rings is 2. The van der Waals surface area contributed by atoms with E-state index in [0.29, 0.717) is 5.92 Å². The largest absolute Gasteiger partial charge is 0.326 e. The summed E-state index contributed by atoms with van der Waals surface area (Å²) in [5.74, 6) is 0.575. The number of anilines is 1. The lowest BCUT2D eigenvalue weighted by atomic mass is 10.0. The van der Waals surface area contributed by atoms with Gasteiger partial charge in [0.2, 0.25) is 15.9 Å². The SMILES string of the molecule is CC(C)c1ccc(S(=O)(=O)NCc2ccc(NC(=O)C3CC3)cc2)cc1. The molecule has 0 saturated heterocycles. The summed E-state index contributed by atoms with van der Waals surface area (Å²) in [4.78, 5) is 12.0. The van der Waals surface area contributed by atoms with Gasteiger partial charge in [-0.25, -0.2) is 13.1 Å². The van der Waals surface area contributed by atoms with E-state index in [2.05, 4.69) is 23.9 Å². The lowest BCUT2D eigenvalue weighted by Gasteiger charge is -2.10. The van der Waals surface area contributed by atoms with Crippen LogP contribution in [0.25, 0.3) is 0 Å². The highest BCUT2D eigenvalue weighted by Gasteiger charge is 2.29. The molecule has 0 heterocycles. The van der Waals surface area contributed by atoms with Crippen LogP contribution in [0.4, 0.5) is 5.69 Å². The van der Waals surface area contributed by atoms with E-state index in [1.165, 1.54) is 0 Å². The first-order valence-corrected chi connectivity index (χ1v) is 10.3. The minimum atomic E-state index is -3.55. The number of carbonyl (C=O) groups is 1. The van der Waals surface area contributed by atoms with Crippen molar-refractivity contribution in [3.8, 4) is 0 Å². The van der Waals surface area contributed by atoms with Gasteiger partial charge in [0.05, 0.1) is 4.90 Å². The fourth-order valence-electron chi connectivity index (χ4n) is 2.59. The molecule has 2 aromatic rings. The van der Waals surface area contributed by atoms with Crippen molar-refractivity contribution in [1.29, 1.82) is 0 Å². The Morgan fingerprint density at radius 1 is 1.04 bits per heavy atom. The van der Waals surface area contributed by atoms with Crippen molar-refractivity contribution in [2.75, 3.05) is 5.32 Å². The summed E-state index contributed by atoms with van der Waals surface area (Å²) >= 11 is 0. The molecule has 5 nitrogen and oxygen atoms in total. The van der Waals surface area contributed by atoms with Crippen molar-refractivity contribution >= 4 is 21.6 Å². The van der Waals surface area contributed by atoms with Crippen molar-refractivity contribution in [3.05, 3.63) is 59.7 Å². The first-order chi connectivity index (χ1) is 12.3. The van der Waals surface area contributed by atoms with Crippen LogP contribution >= 0.6 is 0 Å². The molecule has 1 aliphatic carbocycles. The molecule has 0 atom stereocenters. The second kappa shape index (κ2) is 7.60. The average molecular weight is 372 g/mol. The van der Waals surface area contributed by atoms with Crippen LogP contribution in [0.15, 0.2) is 53.4 Å². The van der Waals surface area contributed by atoms with Gasteiger partial charge < -0.3 is 5.32 Å². The van der Waals surface area contributed by atoms with E-state index in [0.717, 1.165) is 29.7 Å². The molecular formula is C20H24N2O3S. The highest BCUT2D eigenvalue weighted by molar-refractivity contribution is 7.89. The topological polar surface area (TPSA) is 75.3 Å². The number of amides is 1. The lowest BCUT2D eigenvalue weighted by Crippen LogP contribution is -2.23. The molecule has 0 unspecified atom stereocenters. The van der Waals surface area contributed by atoms with E-state index in [4.69, 9.17) is 0 Å². The summed E-state index contributed by atoms with van der Waals surface area (Å²) in [6.45, 7) is 4.34. The minimum absolute atomic E-state index is 0.0586. The molecule has 0 bridgehead atoms. The van der Waals surface area contributed by atoms with Gasteiger partial charge in [-0.15, -0.1) is 0 Å². The molecule has 1 fully saturated rings. The fourth-order valence-corrected chi connectivity index (χ4v) is 3.61. The number of sulfonamides is 1. The van der Waals surface area contributed by atoms with Gasteiger partial charge in [-0.3, -0.25) is 4.79 Å². The summed E-state index contributed by atoms with van der Waals surface area (Å²) in [5, 5.41) is 2.87. The third-order valence-corrected chi connectivity index (χ3v) is 5.91. The van der Waals surface area contributed by atoms with Crippen LogP contribution in [0.2, 0.25) is 0 Å². The molecule has 26 heavy (non-hydrogen) atoms. The summed E-state index contributed by atoms with van der Waals surface area (Å²) in [5.41, 5.74) is 2.67. The summed E-state index contributed by atoms with van der Waals surface area (Å²) in [7, 11) is -3.55. The number of hydrogen-bond acceptors (Lipinski definition) is 3. The number of nitrogens with one attached hydrogen (secondary N) is 2. The summed E-state index contributed by atoms with van der Waals surface area (Å²) in [6.07, 6.45) is 1.92. The van der Waals surface area contributed by atoms with Gasteiger partial charge in [0.25, 0.3) is 0 Å². The Kier molecular flexibility index (Phi) is 5.44. The lowest BCUT2D eigenvalue weighted by molar-refractivity contribution is -0.117. The molecule has 0 spiro atoms. The van der Waals surface area contributed by atoms with Crippen LogP contribution in [0.5, 0.6) is 0 Å². The third-order valence-electron chi connectivity index (χ3n) is 4.49. The van der Waals surface area contributed by atoms with Crippen LogP contribution in [-0.2, 0) is 21.4 Å². The second-order valence-corrected chi connectivity index (χ2v) is 8.78. The Hall–Kier alpha value is -2.18. The molecule has 1 saturated carbocycles. The first kappa shape index (κ1) is 18.6. The number of rotatable bonds is 7. The maximum Gasteiger partial charge on any atom is 0.240 e. The standard InChI is InChI=1S/C20H24N2O3S/c1-14(2)16-7-11-19(12-8-16)26(24,25)21-13-15-3-9-18(10-4-15)22-20(23)17-5-6-17/h3-4,7-12,14,17,21H,5-6,13H2,1-2H3,(H,22,23). The molecule has 0 aromatic heterocycles. The van der Waals surface area contributed by atoms with E-state index in [1.807, 2.05) is 24.3 Å². The van der Waals surface area contributed by atoms with Gasteiger partial charge in [0.1, 0.15) is 0 Å². The highest BCUT2D eigenvalue weighted by Crippen LogP contribution is 2.30. The van der Waals surface area contributed by atoms with Crippen molar-refractivity contribution in [2.24, 2.45) is 5.92 Å². The maximum absolute atomic E-state index is 12.4. The van der Waals surface area contributed by atoms with E-state index in [9.17, 15) is 13.2 Å². The Morgan fingerprint density at radius 3 is 2.19 bits per heavy atom. The zero-order valence-corrected chi connectivity index (χ0v) is 15.8. The summed E-state index contributed by atoms with van der Waals surface area (Å²) in [6, 6.07) is 14.2. The van der Waals surface area contributed by atoms with Crippen LogP contribution in [0.3, 0.4) is 0 Å². The molecule has 1 amide bonds. The van der Waals surface area contributed by atoms with Gasteiger partial charge in [-0.1, -0.05) is 38.1 Å². The molecule has 3 rings (SSSR count). The minimum Gasteiger partial charge on any atom is -0.326 e. The third kappa shape index (κ3) is 4.71. The van der Waals surface area contributed by atoms with E-state index in [-0.39, 0.29) is 23.3 Å². The Morgan fingerprint density at radius 2 is 1.65 bits per heavy atom. The van der Waals surface area contributed by atoms with Gasteiger partial charge in [0.15, 0.2) is 0 Å². The predicted molar refractivity (Wildman–Crippen MR) is 102 cm³/mol. The molecule has 2 aromatic carbocycles. The summed E-state index contributed by atoms with van der Waals surface area (Å²) < 4.78 is 27.4. The Balaban J connectivity index is 1.59. The van der Waals surface area contributed by atoms with E-state index >= 15 is 0 Å². The van der Waals surface area contributed by atoms with Crippen LogP contribution in [0, 0.1) is 5.92 Å². The highest BCUT2D eigenvalue weighted by atomic mass is 32.2. The van der Waals surface area contributed by atoms with Crippen LogP contribution in [0.1, 0.15) is 43.7 Å². The van der Waals surface area contributed by atoms with Gasteiger partial charge in [0, 0.05) is 18.2 Å². The Bertz CT molecular complexity index is 868. The molecule has 1 aliphatic rings. The molecule has 138 valence electrons. The van der Waals surface area contributed by atoms with E-state index < -0.39 is 10.0 Å². The zero-order chi connectivity index (χ0) is 18.7. The molecule has 0 radical (unpaired) electrons. The number of hydrogen-bond donors (Lipinski definition) is 2. The van der Waals surface area contributed by atoms with Crippen molar-refractivity contribution in [3.63, 3.8) is 0 Å². The Labute approximate surface area is 154 Å². The quantitative estimate of drug-likeness (QED) is 0.779. The normalized spacial score (nSPS) is 14.4. The molecule has 0 aliphatic heterocycles. The predicted octanol–water partition coefficient (Wildman–Crippen LogP) is 3.64. The monoisotopic (exact) mass is 372 g/mol. The van der Waals surface area contributed by atoms with Gasteiger partial charge in [-0.2, -0.15) is 0 Å². The van der Waals surface area contributed by atoms with Gasteiger partial charge in [-0.05, 0) is 54.2 Å².